The Balaban J connectivity index is 1.34. The topological polar surface area (TPSA) is 76.4 Å². The average Bonchev–Trinajstić information content (AvgIpc) is 3.24. The Bertz CT molecular complexity index is 1400. The van der Waals surface area contributed by atoms with E-state index in [1.807, 2.05) is 36.9 Å². The standard InChI is InChI=1S/C27H29FN6O2/c1-18-22(10-11-24(35)33-15-13-32(14-16-33)23-9-4-5-12-29-23)27(36-3)30-26-25(18)19(2)31-34(26)21-8-6-7-20(28)17-21/h4-9,12,17H,10-11,13-16H2,1-3H3. The molecule has 1 fully saturated rings. The maximum atomic E-state index is 13.9. The third-order valence-corrected chi connectivity index (χ3v) is 6.77. The number of halogens is 1. The number of pyridine rings is 2. The Morgan fingerprint density at radius 3 is 2.58 bits per heavy atom. The van der Waals surface area contributed by atoms with Crippen molar-refractivity contribution in [2.75, 3.05) is 38.2 Å². The quantitative estimate of drug-likeness (QED) is 0.410. The minimum Gasteiger partial charge on any atom is -0.481 e. The molecule has 9 heteroatoms. The second-order valence-electron chi connectivity index (χ2n) is 8.96. The first-order chi connectivity index (χ1) is 17.5. The summed E-state index contributed by atoms with van der Waals surface area (Å²) in [6, 6.07) is 12.1. The number of fused-ring (bicyclic) bond motifs is 1. The largest absolute Gasteiger partial charge is 0.481 e. The third kappa shape index (κ3) is 4.48. The first-order valence-corrected chi connectivity index (χ1v) is 12.1. The molecule has 0 spiro atoms. The predicted octanol–water partition coefficient (Wildman–Crippen LogP) is 3.86. The molecule has 0 unspecified atom stereocenters. The van der Waals surface area contributed by atoms with Gasteiger partial charge in [-0.25, -0.2) is 14.1 Å². The molecule has 0 radical (unpaired) electrons. The van der Waals surface area contributed by atoms with Gasteiger partial charge in [0.2, 0.25) is 11.8 Å². The highest BCUT2D eigenvalue weighted by Crippen LogP contribution is 2.32. The zero-order chi connectivity index (χ0) is 25.2. The number of piperazine rings is 1. The highest BCUT2D eigenvalue weighted by atomic mass is 19.1. The SMILES string of the molecule is COc1nc2c(c(C)nn2-c2cccc(F)c2)c(C)c1CCC(=O)N1CCN(c2ccccn2)CC1. The molecule has 4 aromatic rings. The number of benzene rings is 1. The summed E-state index contributed by atoms with van der Waals surface area (Å²) < 4.78 is 21.1. The highest BCUT2D eigenvalue weighted by molar-refractivity contribution is 5.86. The van der Waals surface area contributed by atoms with Gasteiger partial charge in [0.1, 0.15) is 11.6 Å². The van der Waals surface area contributed by atoms with Crippen LogP contribution in [0.3, 0.4) is 0 Å². The molecule has 1 aromatic carbocycles. The summed E-state index contributed by atoms with van der Waals surface area (Å²) in [6.45, 7) is 6.77. The molecule has 1 aliphatic rings. The summed E-state index contributed by atoms with van der Waals surface area (Å²) in [5, 5.41) is 5.52. The van der Waals surface area contributed by atoms with Crippen molar-refractivity contribution in [2.45, 2.75) is 26.7 Å². The minimum absolute atomic E-state index is 0.115. The fourth-order valence-corrected chi connectivity index (χ4v) is 4.90. The van der Waals surface area contributed by atoms with Gasteiger partial charge < -0.3 is 14.5 Å². The summed E-state index contributed by atoms with van der Waals surface area (Å²) in [6.07, 6.45) is 2.67. The van der Waals surface area contributed by atoms with Crippen LogP contribution in [0.2, 0.25) is 0 Å². The summed E-state index contributed by atoms with van der Waals surface area (Å²) in [4.78, 5) is 26.3. The number of carbonyl (C=O) groups is 1. The van der Waals surface area contributed by atoms with E-state index in [0.717, 1.165) is 41.1 Å². The van der Waals surface area contributed by atoms with Crippen molar-refractivity contribution in [1.29, 1.82) is 0 Å². The van der Waals surface area contributed by atoms with Crippen LogP contribution in [0.15, 0.2) is 48.7 Å². The van der Waals surface area contributed by atoms with Crippen molar-refractivity contribution in [3.63, 3.8) is 0 Å². The van der Waals surface area contributed by atoms with Gasteiger partial charge in [0.05, 0.1) is 18.5 Å². The van der Waals surface area contributed by atoms with Gasteiger partial charge in [-0.15, -0.1) is 0 Å². The molecule has 1 amide bonds. The number of hydrogen-bond donors (Lipinski definition) is 0. The highest BCUT2D eigenvalue weighted by Gasteiger charge is 2.24. The second-order valence-corrected chi connectivity index (χ2v) is 8.96. The lowest BCUT2D eigenvalue weighted by molar-refractivity contribution is -0.131. The van der Waals surface area contributed by atoms with E-state index in [2.05, 4.69) is 15.0 Å². The molecule has 0 N–H and O–H groups in total. The maximum Gasteiger partial charge on any atom is 0.223 e. The van der Waals surface area contributed by atoms with Gasteiger partial charge in [0.15, 0.2) is 5.65 Å². The number of methoxy groups -OCH3 is 1. The molecular formula is C27H29FN6O2. The Hall–Kier alpha value is -4.01. The zero-order valence-corrected chi connectivity index (χ0v) is 20.7. The summed E-state index contributed by atoms with van der Waals surface area (Å²) in [5.41, 5.74) is 3.86. The predicted molar refractivity (Wildman–Crippen MR) is 136 cm³/mol. The second kappa shape index (κ2) is 9.93. The first kappa shape index (κ1) is 23.7. The number of hydrogen-bond acceptors (Lipinski definition) is 6. The van der Waals surface area contributed by atoms with Crippen molar-refractivity contribution in [3.8, 4) is 11.6 Å². The van der Waals surface area contributed by atoms with E-state index in [1.54, 1.807) is 30.1 Å². The number of carbonyl (C=O) groups excluding carboxylic acids is 1. The lowest BCUT2D eigenvalue weighted by Gasteiger charge is -2.35. The minimum atomic E-state index is -0.339. The van der Waals surface area contributed by atoms with E-state index >= 15 is 0 Å². The van der Waals surface area contributed by atoms with E-state index in [9.17, 15) is 9.18 Å². The Kier molecular flexibility index (Phi) is 6.54. The number of aryl methyl sites for hydroxylation is 2. The fraction of sp³-hybridized carbons (Fsp3) is 0.333. The van der Waals surface area contributed by atoms with Gasteiger partial charge in [-0.1, -0.05) is 12.1 Å². The molecule has 1 aliphatic heterocycles. The lowest BCUT2D eigenvalue weighted by Crippen LogP contribution is -2.49. The Morgan fingerprint density at radius 2 is 1.89 bits per heavy atom. The van der Waals surface area contributed by atoms with E-state index in [1.165, 1.54) is 12.1 Å². The van der Waals surface area contributed by atoms with Crippen molar-refractivity contribution < 1.29 is 13.9 Å². The van der Waals surface area contributed by atoms with Crippen LogP contribution in [0, 0.1) is 19.7 Å². The molecule has 0 saturated carbocycles. The molecule has 4 heterocycles. The number of rotatable bonds is 6. The van der Waals surface area contributed by atoms with E-state index in [4.69, 9.17) is 9.72 Å². The van der Waals surface area contributed by atoms with Gasteiger partial charge in [0.25, 0.3) is 0 Å². The molecule has 5 rings (SSSR count). The number of amides is 1. The van der Waals surface area contributed by atoms with Crippen molar-refractivity contribution in [3.05, 3.63) is 71.3 Å². The Labute approximate surface area is 209 Å². The van der Waals surface area contributed by atoms with Gasteiger partial charge >= 0.3 is 0 Å². The number of aromatic nitrogens is 4. The number of anilines is 1. The van der Waals surface area contributed by atoms with Gasteiger partial charge in [-0.05, 0) is 56.2 Å². The van der Waals surface area contributed by atoms with E-state index < -0.39 is 0 Å². The molecule has 3 aromatic heterocycles. The molecule has 0 bridgehead atoms. The van der Waals surface area contributed by atoms with Crippen LogP contribution in [0.1, 0.15) is 23.2 Å². The van der Waals surface area contributed by atoms with Crippen LogP contribution < -0.4 is 9.64 Å². The van der Waals surface area contributed by atoms with Gasteiger partial charge in [-0.3, -0.25) is 4.79 Å². The lowest BCUT2D eigenvalue weighted by atomic mass is 10.0. The molecule has 0 aliphatic carbocycles. The summed E-state index contributed by atoms with van der Waals surface area (Å²) in [7, 11) is 1.57. The molecule has 1 saturated heterocycles. The molecule has 0 atom stereocenters. The van der Waals surface area contributed by atoms with Crippen LogP contribution in [0.25, 0.3) is 16.7 Å². The average molecular weight is 489 g/mol. The van der Waals surface area contributed by atoms with Crippen LogP contribution in [-0.4, -0.2) is 63.8 Å². The van der Waals surface area contributed by atoms with Crippen molar-refractivity contribution in [2.24, 2.45) is 0 Å². The molecule has 186 valence electrons. The molecule has 36 heavy (non-hydrogen) atoms. The van der Waals surface area contributed by atoms with Gasteiger partial charge in [-0.2, -0.15) is 10.1 Å². The third-order valence-electron chi connectivity index (χ3n) is 6.77. The molecular weight excluding hydrogens is 459 g/mol. The normalized spacial score (nSPS) is 13.9. The maximum absolute atomic E-state index is 13.9. The van der Waals surface area contributed by atoms with E-state index in [-0.39, 0.29) is 11.7 Å². The number of ether oxygens (including phenoxy) is 1. The first-order valence-electron chi connectivity index (χ1n) is 12.1. The number of nitrogens with zero attached hydrogens (tertiary/aromatic N) is 6. The van der Waals surface area contributed by atoms with Gasteiger partial charge in [0, 0.05) is 49.7 Å². The smallest absolute Gasteiger partial charge is 0.223 e. The van der Waals surface area contributed by atoms with Crippen LogP contribution in [0.4, 0.5) is 10.2 Å². The fourth-order valence-electron chi connectivity index (χ4n) is 4.90. The van der Waals surface area contributed by atoms with Crippen LogP contribution >= 0.6 is 0 Å². The monoisotopic (exact) mass is 488 g/mol. The van der Waals surface area contributed by atoms with Crippen LogP contribution in [0.5, 0.6) is 5.88 Å². The zero-order valence-electron chi connectivity index (χ0n) is 20.7. The summed E-state index contributed by atoms with van der Waals surface area (Å²) >= 11 is 0. The van der Waals surface area contributed by atoms with Crippen molar-refractivity contribution >= 4 is 22.8 Å². The Morgan fingerprint density at radius 1 is 1.08 bits per heavy atom. The van der Waals surface area contributed by atoms with E-state index in [0.29, 0.717) is 43.1 Å². The van der Waals surface area contributed by atoms with Crippen molar-refractivity contribution in [1.82, 2.24) is 24.6 Å². The summed E-state index contributed by atoms with van der Waals surface area (Å²) in [5.74, 6) is 1.18. The van der Waals surface area contributed by atoms with Crippen LogP contribution in [-0.2, 0) is 11.2 Å². The molecule has 8 nitrogen and oxygen atoms in total.